The smallest absolute Gasteiger partial charge is 0.336 e. The molecule has 5 heteroatoms. The highest BCUT2D eigenvalue weighted by Crippen LogP contribution is 2.24. The van der Waals surface area contributed by atoms with Gasteiger partial charge in [-0.25, -0.2) is 9.78 Å². The summed E-state index contributed by atoms with van der Waals surface area (Å²) in [5.41, 5.74) is 0.883. The van der Waals surface area contributed by atoms with Gasteiger partial charge >= 0.3 is 5.97 Å². The molecule has 1 N–H and O–H groups in total. The first kappa shape index (κ1) is 14.8. The zero-order valence-corrected chi connectivity index (χ0v) is 12.1. The van der Waals surface area contributed by atoms with Gasteiger partial charge in [-0.1, -0.05) is 18.2 Å². The molecule has 0 atom stereocenters. The number of nitriles is 1. The summed E-state index contributed by atoms with van der Waals surface area (Å²) in [4.78, 5) is 18.0. The van der Waals surface area contributed by atoms with Gasteiger partial charge in [0.2, 0.25) is 0 Å². The van der Waals surface area contributed by atoms with Gasteiger partial charge in [-0.3, -0.25) is 0 Å². The van der Waals surface area contributed by atoms with Gasteiger partial charge in [0.25, 0.3) is 0 Å². The molecule has 108 valence electrons. The van der Waals surface area contributed by atoms with Crippen LogP contribution in [0.2, 0.25) is 0 Å². The van der Waals surface area contributed by atoms with E-state index < -0.39 is 5.97 Å². The molecule has 5 nitrogen and oxygen atoms in total. The Hall–Kier alpha value is -2.61. The van der Waals surface area contributed by atoms with Gasteiger partial charge in [0.1, 0.15) is 5.82 Å². The second-order valence-electron chi connectivity index (χ2n) is 5.05. The van der Waals surface area contributed by atoms with Crippen molar-refractivity contribution < 1.29 is 9.90 Å². The Morgan fingerprint density at radius 1 is 1.43 bits per heavy atom. The molecule has 0 spiro atoms. The number of para-hydroxylation sites is 1. The minimum absolute atomic E-state index is 0.133. The molecule has 1 heterocycles. The fraction of sp³-hybridized carbons (Fsp3) is 0.312. The van der Waals surface area contributed by atoms with Crippen molar-refractivity contribution in [3.8, 4) is 6.07 Å². The molecular weight excluding hydrogens is 266 g/mol. The fourth-order valence-electron chi connectivity index (χ4n) is 2.29. The van der Waals surface area contributed by atoms with Crippen molar-refractivity contribution in [1.29, 1.82) is 5.26 Å². The van der Waals surface area contributed by atoms with Crippen LogP contribution in [0.25, 0.3) is 10.9 Å². The van der Waals surface area contributed by atoms with Crippen LogP contribution in [-0.4, -0.2) is 28.6 Å². The lowest BCUT2D eigenvalue weighted by atomic mass is 10.1. The van der Waals surface area contributed by atoms with Crippen molar-refractivity contribution in [2.24, 2.45) is 0 Å². The number of hydrogen-bond acceptors (Lipinski definition) is 4. The van der Waals surface area contributed by atoms with E-state index in [0.717, 1.165) is 0 Å². The van der Waals surface area contributed by atoms with Gasteiger partial charge in [-0.2, -0.15) is 5.26 Å². The van der Waals surface area contributed by atoms with E-state index in [4.69, 9.17) is 5.26 Å². The number of aromatic nitrogens is 1. The van der Waals surface area contributed by atoms with Crippen LogP contribution in [0, 0.1) is 11.3 Å². The number of aromatic carboxylic acids is 1. The Kier molecular flexibility index (Phi) is 4.39. The number of hydrogen-bond donors (Lipinski definition) is 1. The number of fused-ring (bicyclic) bond motifs is 1. The van der Waals surface area contributed by atoms with Gasteiger partial charge in [0, 0.05) is 18.0 Å². The van der Waals surface area contributed by atoms with Crippen LogP contribution in [-0.2, 0) is 0 Å². The molecule has 0 aliphatic carbocycles. The molecule has 0 unspecified atom stereocenters. The summed E-state index contributed by atoms with van der Waals surface area (Å²) in [6, 6.07) is 11.0. The van der Waals surface area contributed by atoms with Crippen LogP contribution >= 0.6 is 0 Å². The van der Waals surface area contributed by atoms with Crippen molar-refractivity contribution in [3.05, 3.63) is 35.9 Å². The van der Waals surface area contributed by atoms with E-state index in [1.165, 1.54) is 0 Å². The molecule has 0 aliphatic heterocycles. The van der Waals surface area contributed by atoms with Crippen LogP contribution in [0.4, 0.5) is 5.82 Å². The first-order chi connectivity index (χ1) is 10.0. The molecule has 2 rings (SSSR count). The fourth-order valence-corrected chi connectivity index (χ4v) is 2.29. The number of carbonyl (C=O) groups is 1. The summed E-state index contributed by atoms with van der Waals surface area (Å²) in [7, 11) is 0. The zero-order chi connectivity index (χ0) is 15.4. The minimum Gasteiger partial charge on any atom is -0.478 e. The van der Waals surface area contributed by atoms with Gasteiger partial charge in [-0.05, 0) is 26.0 Å². The molecule has 0 fully saturated rings. The molecule has 21 heavy (non-hydrogen) atoms. The Morgan fingerprint density at radius 3 is 2.76 bits per heavy atom. The van der Waals surface area contributed by atoms with Crippen LogP contribution < -0.4 is 4.90 Å². The topological polar surface area (TPSA) is 77.2 Å². The molecule has 0 saturated carbocycles. The SMILES string of the molecule is CC(C)N(CCC#N)c1cc(C(=O)O)c2ccccc2n1. The summed E-state index contributed by atoms with van der Waals surface area (Å²) < 4.78 is 0. The third-order valence-corrected chi connectivity index (χ3v) is 3.32. The molecule has 0 saturated heterocycles. The summed E-state index contributed by atoms with van der Waals surface area (Å²) >= 11 is 0. The molecule has 2 aromatic rings. The van der Waals surface area contributed by atoms with E-state index in [0.29, 0.717) is 29.7 Å². The second-order valence-corrected chi connectivity index (χ2v) is 5.05. The lowest BCUT2D eigenvalue weighted by Crippen LogP contribution is -2.32. The quantitative estimate of drug-likeness (QED) is 0.912. The third kappa shape index (κ3) is 3.11. The van der Waals surface area contributed by atoms with E-state index in [1.54, 1.807) is 24.3 Å². The summed E-state index contributed by atoms with van der Waals surface area (Å²) in [5.74, 6) is -0.379. The highest BCUT2D eigenvalue weighted by molar-refractivity contribution is 6.03. The second kappa shape index (κ2) is 6.23. The summed E-state index contributed by atoms with van der Waals surface area (Å²) in [6.45, 7) is 4.52. The van der Waals surface area contributed by atoms with Crippen molar-refractivity contribution in [2.45, 2.75) is 26.3 Å². The predicted molar refractivity (Wildman–Crippen MR) is 81.4 cm³/mol. The summed E-state index contributed by atoms with van der Waals surface area (Å²) in [6.07, 6.45) is 0.370. The summed E-state index contributed by atoms with van der Waals surface area (Å²) in [5, 5.41) is 18.8. The van der Waals surface area contributed by atoms with E-state index in [1.807, 2.05) is 24.8 Å². The lowest BCUT2D eigenvalue weighted by Gasteiger charge is -2.27. The predicted octanol–water partition coefficient (Wildman–Crippen LogP) is 3.06. The van der Waals surface area contributed by atoms with Crippen molar-refractivity contribution >= 4 is 22.7 Å². The Labute approximate surface area is 123 Å². The van der Waals surface area contributed by atoms with Crippen molar-refractivity contribution in [1.82, 2.24) is 4.98 Å². The van der Waals surface area contributed by atoms with E-state index in [2.05, 4.69) is 11.1 Å². The highest BCUT2D eigenvalue weighted by Gasteiger charge is 2.17. The largest absolute Gasteiger partial charge is 0.478 e. The number of nitrogens with zero attached hydrogens (tertiary/aromatic N) is 3. The molecule has 0 aliphatic rings. The monoisotopic (exact) mass is 283 g/mol. The molecule has 0 amide bonds. The van der Waals surface area contributed by atoms with Crippen LogP contribution in [0.3, 0.4) is 0 Å². The average molecular weight is 283 g/mol. The number of anilines is 1. The molecule has 0 radical (unpaired) electrons. The van der Waals surface area contributed by atoms with E-state index in [-0.39, 0.29) is 11.6 Å². The maximum atomic E-state index is 11.5. The first-order valence-electron chi connectivity index (χ1n) is 6.81. The molecule has 0 bridgehead atoms. The lowest BCUT2D eigenvalue weighted by molar-refractivity contribution is 0.0699. The molecule has 1 aromatic carbocycles. The van der Waals surface area contributed by atoms with E-state index in [9.17, 15) is 9.90 Å². The van der Waals surface area contributed by atoms with E-state index >= 15 is 0 Å². The maximum absolute atomic E-state index is 11.5. The van der Waals surface area contributed by atoms with Gasteiger partial charge < -0.3 is 10.0 Å². The molecular formula is C16H17N3O2. The van der Waals surface area contributed by atoms with Crippen molar-refractivity contribution in [2.75, 3.05) is 11.4 Å². The number of carboxylic acid groups (broad SMARTS) is 1. The van der Waals surface area contributed by atoms with Crippen LogP contribution in [0.1, 0.15) is 30.6 Å². The minimum atomic E-state index is -0.973. The highest BCUT2D eigenvalue weighted by atomic mass is 16.4. The van der Waals surface area contributed by atoms with Gasteiger partial charge in [0.15, 0.2) is 0 Å². The maximum Gasteiger partial charge on any atom is 0.336 e. The average Bonchev–Trinajstić information content (AvgIpc) is 2.46. The first-order valence-corrected chi connectivity index (χ1v) is 6.81. The van der Waals surface area contributed by atoms with Crippen molar-refractivity contribution in [3.63, 3.8) is 0 Å². The number of benzene rings is 1. The van der Waals surface area contributed by atoms with Crippen LogP contribution in [0.15, 0.2) is 30.3 Å². The Morgan fingerprint density at radius 2 is 2.14 bits per heavy atom. The normalized spacial score (nSPS) is 10.6. The standard InChI is InChI=1S/C16H17N3O2/c1-11(2)19(9-5-8-17)15-10-13(16(20)21)12-6-3-4-7-14(12)18-15/h3-4,6-7,10-11H,5,9H2,1-2H3,(H,20,21). The van der Waals surface area contributed by atoms with Crippen LogP contribution in [0.5, 0.6) is 0 Å². The molecule has 1 aromatic heterocycles. The third-order valence-electron chi connectivity index (χ3n) is 3.32. The Balaban J connectivity index is 2.58. The zero-order valence-electron chi connectivity index (χ0n) is 12.1. The number of pyridine rings is 1. The van der Waals surface area contributed by atoms with Gasteiger partial charge in [0.05, 0.1) is 23.6 Å². The number of rotatable bonds is 5. The van der Waals surface area contributed by atoms with Gasteiger partial charge in [-0.15, -0.1) is 0 Å². The number of carboxylic acids is 1. The Bertz CT molecular complexity index is 704.